The van der Waals surface area contributed by atoms with Crippen molar-refractivity contribution >= 4 is 17.3 Å². The van der Waals surface area contributed by atoms with Gasteiger partial charge in [0.1, 0.15) is 0 Å². The van der Waals surface area contributed by atoms with Crippen LogP contribution in [0.5, 0.6) is 0 Å². The molecule has 1 rings (SSSR count). The largest absolute Gasteiger partial charge is 0.478 e. The third kappa shape index (κ3) is 3.37. The van der Waals surface area contributed by atoms with Crippen LogP contribution in [0.4, 0.5) is 11.4 Å². The molecule has 0 aliphatic carbocycles. The van der Waals surface area contributed by atoms with Gasteiger partial charge < -0.3 is 16.2 Å². The zero-order chi connectivity index (χ0) is 13.1. The summed E-state index contributed by atoms with van der Waals surface area (Å²) in [5.41, 5.74) is 6.86. The second kappa shape index (κ2) is 5.08. The molecular formula is C13H20N2O2. The van der Waals surface area contributed by atoms with Crippen molar-refractivity contribution in [2.45, 2.75) is 39.2 Å². The number of para-hydroxylation sites is 1. The first kappa shape index (κ1) is 13.4. The third-order valence-corrected chi connectivity index (χ3v) is 2.67. The molecule has 0 aromatic heterocycles. The van der Waals surface area contributed by atoms with Gasteiger partial charge >= 0.3 is 5.97 Å². The van der Waals surface area contributed by atoms with Crippen LogP contribution in [0.1, 0.15) is 44.0 Å². The summed E-state index contributed by atoms with van der Waals surface area (Å²) in [7, 11) is 0. The van der Waals surface area contributed by atoms with Crippen LogP contribution < -0.4 is 11.1 Å². The molecule has 0 spiro atoms. The maximum atomic E-state index is 11.1. The highest BCUT2D eigenvalue weighted by atomic mass is 16.4. The summed E-state index contributed by atoms with van der Waals surface area (Å²) < 4.78 is 0. The van der Waals surface area contributed by atoms with Gasteiger partial charge in [-0.25, -0.2) is 4.79 Å². The quantitative estimate of drug-likeness (QED) is 0.687. The van der Waals surface area contributed by atoms with Crippen molar-refractivity contribution in [2.75, 3.05) is 11.1 Å². The van der Waals surface area contributed by atoms with Gasteiger partial charge in [0.2, 0.25) is 0 Å². The van der Waals surface area contributed by atoms with Crippen LogP contribution in [0.2, 0.25) is 0 Å². The zero-order valence-electron chi connectivity index (χ0n) is 10.6. The number of carboxylic acids is 1. The summed E-state index contributed by atoms with van der Waals surface area (Å²) in [5.74, 6) is -0.966. The predicted molar refractivity (Wildman–Crippen MR) is 70.4 cm³/mol. The Kier molecular flexibility index (Phi) is 3.99. The lowest BCUT2D eigenvalue weighted by Crippen LogP contribution is -2.31. The lowest BCUT2D eigenvalue weighted by Gasteiger charge is -2.28. The molecule has 1 aromatic carbocycles. The molecule has 4 N–H and O–H groups in total. The maximum absolute atomic E-state index is 11.1. The van der Waals surface area contributed by atoms with Crippen molar-refractivity contribution in [3.05, 3.63) is 23.8 Å². The highest BCUT2D eigenvalue weighted by Crippen LogP contribution is 2.28. The summed E-state index contributed by atoms with van der Waals surface area (Å²) in [6.45, 7) is 6.17. The van der Waals surface area contributed by atoms with Crippen LogP contribution in [-0.2, 0) is 0 Å². The number of carboxylic acid groups (broad SMARTS) is 1. The Balaban J connectivity index is 3.08. The summed E-state index contributed by atoms with van der Waals surface area (Å²) in [6, 6.07) is 4.91. The van der Waals surface area contributed by atoms with E-state index in [1.165, 1.54) is 0 Å². The highest BCUT2D eigenvalue weighted by molar-refractivity contribution is 5.97. The molecule has 0 bridgehead atoms. The predicted octanol–water partition coefficient (Wildman–Crippen LogP) is 2.96. The average molecular weight is 236 g/mol. The molecule has 0 saturated carbocycles. The van der Waals surface area contributed by atoms with E-state index in [9.17, 15) is 4.79 Å². The SMILES string of the molecule is CCCC(C)(C)Nc1c(N)cccc1C(=O)O. The Morgan fingerprint density at radius 3 is 2.65 bits per heavy atom. The monoisotopic (exact) mass is 236 g/mol. The highest BCUT2D eigenvalue weighted by Gasteiger charge is 2.21. The summed E-state index contributed by atoms with van der Waals surface area (Å²) >= 11 is 0. The van der Waals surface area contributed by atoms with E-state index in [1.807, 2.05) is 13.8 Å². The minimum Gasteiger partial charge on any atom is -0.478 e. The van der Waals surface area contributed by atoms with E-state index in [2.05, 4.69) is 12.2 Å². The lowest BCUT2D eigenvalue weighted by atomic mass is 9.97. The number of hydrogen-bond donors (Lipinski definition) is 3. The molecule has 0 radical (unpaired) electrons. The van der Waals surface area contributed by atoms with Gasteiger partial charge in [0.25, 0.3) is 0 Å². The summed E-state index contributed by atoms with van der Waals surface area (Å²) in [6.07, 6.45) is 1.97. The van der Waals surface area contributed by atoms with E-state index in [4.69, 9.17) is 10.8 Å². The third-order valence-electron chi connectivity index (χ3n) is 2.67. The minimum absolute atomic E-state index is 0.172. The van der Waals surface area contributed by atoms with Crippen molar-refractivity contribution in [3.63, 3.8) is 0 Å². The molecule has 1 aromatic rings. The molecule has 4 nitrogen and oxygen atoms in total. The molecule has 94 valence electrons. The first-order chi connectivity index (χ1) is 7.87. The number of anilines is 2. The Labute approximate surface area is 102 Å². The molecule has 0 amide bonds. The topological polar surface area (TPSA) is 75.3 Å². The number of nitrogen functional groups attached to an aromatic ring is 1. The van der Waals surface area contributed by atoms with Crippen LogP contribution in [0.15, 0.2) is 18.2 Å². The maximum Gasteiger partial charge on any atom is 0.337 e. The van der Waals surface area contributed by atoms with Gasteiger partial charge in [-0.3, -0.25) is 0 Å². The molecule has 0 fully saturated rings. The Morgan fingerprint density at radius 2 is 2.12 bits per heavy atom. The van der Waals surface area contributed by atoms with Gasteiger partial charge in [0, 0.05) is 5.54 Å². The van der Waals surface area contributed by atoms with Crippen LogP contribution in [0.25, 0.3) is 0 Å². The van der Waals surface area contributed by atoms with E-state index in [0.29, 0.717) is 11.4 Å². The Hall–Kier alpha value is -1.71. The van der Waals surface area contributed by atoms with Crippen LogP contribution in [0.3, 0.4) is 0 Å². The number of rotatable bonds is 5. The number of benzene rings is 1. The van der Waals surface area contributed by atoms with E-state index in [0.717, 1.165) is 12.8 Å². The van der Waals surface area contributed by atoms with Gasteiger partial charge in [0.15, 0.2) is 0 Å². The van der Waals surface area contributed by atoms with Crippen LogP contribution >= 0.6 is 0 Å². The van der Waals surface area contributed by atoms with Crippen LogP contribution in [-0.4, -0.2) is 16.6 Å². The molecule has 17 heavy (non-hydrogen) atoms. The van der Waals surface area contributed by atoms with Gasteiger partial charge in [-0.05, 0) is 32.4 Å². The smallest absolute Gasteiger partial charge is 0.337 e. The number of hydrogen-bond acceptors (Lipinski definition) is 3. The van der Waals surface area contributed by atoms with Gasteiger partial charge in [-0.2, -0.15) is 0 Å². The van der Waals surface area contributed by atoms with E-state index in [-0.39, 0.29) is 11.1 Å². The summed E-state index contributed by atoms with van der Waals surface area (Å²) in [4.78, 5) is 11.1. The average Bonchev–Trinajstić information content (AvgIpc) is 2.20. The fourth-order valence-electron chi connectivity index (χ4n) is 1.91. The molecule has 0 aliphatic heterocycles. The first-order valence-corrected chi connectivity index (χ1v) is 5.77. The van der Waals surface area contributed by atoms with Gasteiger partial charge in [0.05, 0.1) is 16.9 Å². The number of carbonyl (C=O) groups is 1. The molecule has 0 aliphatic rings. The molecule has 0 saturated heterocycles. The fraction of sp³-hybridized carbons (Fsp3) is 0.462. The van der Waals surface area contributed by atoms with Crippen molar-refractivity contribution in [3.8, 4) is 0 Å². The molecule has 0 unspecified atom stereocenters. The van der Waals surface area contributed by atoms with Crippen molar-refractivity contribution in [2.24, 2.45) is 0 Å². The van der Waals surface area contributed by atoms with Crippen molar-refractivity contribution in [1.29, 1.82) is 0 Å². The zero-order valence-corrected chi connectivity index (χ0v) is 10.6. The lowest BCUT2D eigenvalue weighted by molar-refractivity contribution is 0.0698. The van der Waals surface area contributed by atoms with Crippen molar-refractivity contribution in [1.82, 2.24) is 0 Å². The first-order valence-electron chi connectivity index (χ1n) is 5.77. The molecule has 0 atom stereocenters. The standard InChI is InChI=1S/C13H20N2O2/c1-4-8-13(2,3)15-11-9(12(16)17)6-5-7-10(11)14/h5-7,15H,4,8,14H2,1-3H3,(H,16,17). The van der Waals surface area contributed by atoms with E-state index < -0.39 is 5.97 Å². The van der Waals surface area contributed by atoms with Crippen LogP contribution in [0, 0.1) is 0 Å². The fourth-order valence-corrected chi connectivity index (χ4v) is 1.91. The molecular weight excluding hydrogens is 216 g/mol. The second-order valence-corrected chi connectivity index (χ2v) is 4.83. The van der Waals surface area contributed by atoms with Gasteiger partial charge in [-0.15, -0.1) is 0 Å². The minimum atomic E-state index is -0.966. The Bertz CT molecular complexity index is 414. The van der Waals surface area contributed by atoms with Gasteiger partial charge in [-0.1, -0.05) is 19.4 Å². The second-order valence-electron chi connectivity index (χ2n) is 4.83. The number of nitrogens with one attached hydrogen (secondary N) is 1. The molecule has 4 heteroatoms. The Morgan fingerprint density at radius 1 is 1.47 bits per heavy atom. The van der Waals surface area contributed by atoms with E-state index in [1.54, 1.807) is 18.2 Å². The van der Waals surface area contributed by atoms with Crippen molar-refractivity contribution < 1.29 is 9.90 Å². The number of nitrogens with two attached hydrogens (primary N) is 1. The van der Waals surface area contributed by atoms with E-state index >= 15 is 0 Å². The molecule has 0 heterocycles. The summed E-state index contributed by atoms with van der Waals surface area (Å²) in [5, 5.41) is 12.4. The normalized spacial score (nSPS) is 11.2. The number of aromatic carboxylic acids is 1.